The number of hydrogen-bond donors (Lipinski definition) is 1. The lowest BCUT2D eigenvalue weighted by Gasteiger charge is -2.18. The highest BCUT2D eigenvalue weighted by Gasteiger charge is 2.37. The van der Waals surface area contributed by atoms with Gasteiger partial charge >= 0.3 is 0 Å². The van der Waals surface area contributed by atoms with Crippen molar-refractivity contribution in [1.29, 1.82) is 0 Å². The summed E-state index contributed by atoms with van der Waals surface area (Å²) in [4.78, 5) is 25.9. The van der Waals surface area contributed by atoms with Gasteiger partial charge in [0, 0.05) is 18.2 Å². The number of anilines is 1. The molecule has 0 saturated carbocycles. The molecule has 1 aliphatic rings. The first-order chi connectivity index (χ1) is 12.0. The summed E-state index contributed by atoms with van der Waals surface area (Å²) in [6.07, 6.45) is 0. The zero-order valence-corrected chi connectivity index (χ0v) is 14.8. The number of amides is 2. The molecule has 0 radical (unpaired) electrons. The molecule has 6 heteroatoms. The first-order valence-electron chi connectivity index (χ1n) is 8.03. The molecular weight excluding hydrogens is 340 g/mol. The van der Waals surface area contributed by atoms with Crippen molar-refractivity contribution in [2.75, 3.05) is 18.1 Å². The number of nitrogens with one attached hydrogen (secondary N) is 1. The topological polar surface area (TPSA) is 58.6 Å². The fraction of sp³-hybridized carbons (Fsp3) is 0.263. The lowest BCUT2D eigenvalue weighted by molar-refractivity contribution is -0.126. The smallest absolute Gasteiger partial charge is 0.254 e. The molecule has 1 aliphatic heterocycles. The van der Waals surface area contributed by atoms with E-state index in [1.165, 1.54) is 6.92 Å². The Balaban J connectivity index is 1.76. The van der Waals surface area contributed by atoms with Gasteiger partial charge in [-0.1, -0.05) is 41.4 Å². The molecule has 2 aromatic rings. The number of ether oxygens (including phenoxy) is 1. The number of carbonyl (C=O) groups is 2. The van der Waals surface area contributed by atoms with Crippen LogP contribution in [0.1, 0.15) is 24.1 Å². The predicted octanol–water partition coefficient (Wildman–Crippen LogP) is 3.25. The molecule has 1 N–H and O–H groups in total. The first kappa shape index (κ1) is 17.3. The summed E-state index contributed by atoms with van der Waals surface area (Å²) in [5.41, 5.74) is 2.66. The van der Waals surface area contributed by atoms with Crippen LogP contribution in [0.25, 0.3) is 0 Å². The molecule has 2 aromatic carbocycles. The van der Waals surface area contributed by atoms with Crippen LogP contribution in [-0.4, -0.2) is 25.0 Å². The molecule has 130 valence electrons. The highest BCUT2D eigenvalue weighted by atomic mass is 35.5. The molecular formula is C19H19ClN2O3. The number of carbonyl (C=O) groups excluding carboxylic acids is 2. The molecule has 2 amide bonds. The quantitative estimate of drug-likeness (QED) is 0.892. The highest BCUT2D eigenvalue weighted by molar-refractivity contribution is 6.32. The second kappa shape index (κ2) is 7.15. The van der Waals surface area contributed by atoms with Crippen molar-refractivity contribution in [3.05, 3.63) is 58.6 Å². The number of hydrogen-bond acceptors (Lipinski definition) is 3. The van der Waals surface area contributed by atoms with Gasteiger partial charge in [0.25, 0.3) is 5.91 Å². The molecule has 3 rings (SSSR count). The minimum atomic E-state index is -0.646. The van der Waals surface area contributed by atoms with Crippen molar-refractivity contribution < 1.29 is 14.3 Å². The number of para-hydroxylation sites is 1. The average Bonchev–Trinajstić information content (AvgIpc) is 2.81. The number of aryl methyl sites for hydroxylation is 1. The summed E-state index contributed by atoms with van der Waals surface area (Å²) in [6.45, 7) is 4.04. The van der Waals surface area contributed by atoms with E-state index in [1.54, 1.807) is 17.0 Å². The molecule has 0 fully saturated rings. The third kappa shape index (κ3) is 3.61. The molecule has 25 heavy (non-hydrogen) atoms. The highest BCUT2D eigenvalue weighted by Crippen LogP contribution is 2.36. The number of benzene rings is 2. The molecule has 1 unspecified atom stereocenters. The van der Waals surface area contributed by atoms with Crippen LogP contribution in [0.5, 0.6) is 5.75 Å². The molecule has 1 heterocycles. The van der Waals surface area contributed by atoms with Crippen LogP contribution >= 0.6 is 11.6 Å². The third-order valence-electron chi connectivity index (χ3n) is 4.05. The minimum Gasteiger partial charge on any atom is -0.490 e. The van der Waals surface area contributed by atoms with Crippen molar-refractivity contribution >= 4 is 29.1 Å². The van der Waals surface area contributed by atoms with E-state index in [0.29, 0.717) is 23.9 Å². The maximum absolute atomic E-state index is 12.7. The number of rotatable bonds is 5. The van der Waals surface area contributed by atoms with Gasteiger partial charge in [-0.3, -0.25) is 9.59 Å². The van der Waals surface area contributed by atoms with Crippen LogP contribution in [0.15, 0.2) is 42.5 Å². The van der Waals surface area contributed by atoms with Crippen LogP contribution < -0.4 is 15.0 Å². The van der Waals surface area contributed by atoms with E-state index in [0.717, 1.165) is 16.8 Å². The lowest BCUT2D eigenvalue weighted by atomic mass is 10.1. The predicted molar refractivity (Wildman–Crippen MR) is 97.0 cm³/mol. The zero-order chi connectivity index (χ0) is 18.0. The zero-order valence-electron chi connectivity index (χ0n) is 14.1. The van der Waals surface area contributed by atoms with Gasteiger partial charge in [-0.25, -0.2) is 0 Å². The Morgan fingerprint density at radius 2 is 2.04 bits per heavy atom. The molecule has 0 saturated heterocycles. The third-order valence-corrected chi connectivity index (χ3v) is 4.37. The van der Waals surface area contributed by atoms with Crippen molar-refractivity contribution in [3.8, 4) is 5.75 Å². The van der Waals surface area contributed by atoms with E-state index in [1.807, 2.05) is 37.3 Å². The Hall–Kier alpha value is -2.53. The van der Waals surface area contributed by atoms with Gasteiger partial charge in [0.15, 0.2) is 0 Å². The van der Waals surface area contributed by atoms with Gasteiger partial charge in [0.2, 0.25) is 5.91 Å². The van der Waals surface area contributed by atoms with Gasteiger partial charge in [0.1, 0.15) is 18.4 Å². The van der Waals surface area contributed by atoms with E-state index in [9.17, 15) is 9.59 Å². The summed E-state index contributed by atoms with van der Waals surface area (Å²) in [5.74, 6) is 0.192. The molecule has 0 spiro atoms. The van der Waals surface area contributed by atoms with Crippen LogP contribution in [0.4, 0.5) is 5.69 Å². The molecule has 0 aromatic heterocycles. The second-order valence-corrected chi connectivity index (χ2v) is 6.37. The summed E-state index contributed by atoms with van der Waals surface area (Å²) in [7, 11) is 0. The Labute approximate surface area is 151 Å². The van der Waals surface area contributed by atoms with Gasteiger partial charge in [0.05, 0.1) is 11.6 Å². The molecule has 0 aliphatic carbocycles. The Morgan fingerprint density at radius 3 is 2.76 bits per heavy atom. The van der Waals surface area contributed by atoms with Crippen molar-refractivity contribution in [2.24, 2.45) is 0 Å². The van der Waals surface area contributed by atoms with E-state index in [4.69, 9.17) is 16.3 Å². The second-order valence-electron chi connectivity index (χ2n) is 5.96. The summed E-state index contributed by atoms with van der Waals surface area (Å²) < 4.78 is 5.69. The van der Waals surface area contributed by atoms with Crippen LogP contribution in [0.2, 0.25) is 5.02 Å². The van der Waals surface area contributed by atoms with Gasteiger partial charge < -0.3 is 15.0 Å². The normalized spacial score (nSPS) is 15.9. The molecule has 0 bridgehead atoms. The van der Waals surface area contributed by atoms with Crippen molar-refractivity contribution in [3.63, 3.8) is 0 Å². The Kier molecular flexibility index (Phi) is 4.95. The van der Waals surface area contributed by atoms with Gasteiger partial charge in [-0.15, -0.1) is 0 Å². The first-order valence-corrected chi connectivity index (χ1v) is 8.41. The maximum atomic E-state index is 12.7. The number of nitrogens with zero attached hydrogens (tertiary/aromatic N) is 1. The largest absolute Gasteiger partial charge is 0.490 e. The SMILES string of the molecule is CC(=O)NC1C(=O)N(CCOc2ccccc2Cl)c2ccc(C)cc21. The number of halogens is 1. The van der Waals surface area contributed by atoms with Crippen LogP contribution in [0.3, 0.4) is 0 Å². The average molecular weight is 359 g/mol. The van der Waals surface area contributed by atoms with Crippen molar-refractivity contribution in [1.82, 2.24) is 5.32 Å². The van der Waals surface area contributed by atoms with Crippen LogP contribution in [0, 0.1) is 6.92 Å². The van der Waals surface area contributed by atoms with Crippen LogP contribution in [-0.2, 0) is 9.59 Å². The summed E-state index contributed by atoms with van der Waals surface area (Å²) in [6, 6.07) is 12.3. The standard InChI is InChI=1S/C19H19ClN2O3/c1-12-7-8-16-14(11-12)18(21-13(2)23)19(24)22(16)9-10-25-17-6-4-3-5-15(17)20/h3-8,11,18H,9-10H2,1-2H3,(H,21,23). The monoisotopic (exact) mass is 358 g/mol. The Morgan fingerprint density at radius 1 is 1.28 bits per heavy atom. The summed E-state index contributed by atoms with van der Waals surface area (Å²) in [5, 5.41) is 3.26. The van der Waals surface area contributed by atoms with Crippen molar-refractivity contribution in [2.45, 2.75) is 19.9 Å². The van der Waals surface area contributed by atoms with E-state index >= 15 is 0 Å². The fourth-order valence-electron chi connectivity index (χ4n) is 2.94. The van der Waals surface area contributed by atoms with E-state index < -0.39 is 6.04 Å². The Bertz CT molecular complexity index is 822. The molecule has 1 atom stereocenters. The lowest BCUT2D eigenvalue weighted by Crippen LogP contribution is -2.38. The van der Waals surface area contributed by atoms with E-state index in [2.05, 4.69) is 5.32 Å². The number of fused-ring (bicyclic) bond motifs is 1. The minimum absolute atomic E-state index is 0.154. The summed E-state index contributed by atoms with van der Waals surface area (Å²) >= 11 is 6.07. The fourth-order valence-corrected chi connectivity index (χ4v) is 3.13. The maximum Gasteiger partial charge on any atom is 0.254 e. The van der Waals surface area contributed by atoms with Gasteiger partial charge in [-0.2, -0.15) is 0 Å². The molecule has 5 nitrogen and oxygen atoms in total. The van der Waals surface area contributed by atoms with Gasteiger partial charge in [-0.05, 0) is 25.1 Å². The van der Waals surface area contributed by atoms with E-state index in [-0.39, 0.29) is 11.8 Å².